The molecule has 23 heavy (non-hydrogen) atoms. The number of carbonyl (C=O) groups excluding carboxylic acids is 1. The molecule has 0 saturated carbocycles. The van der Waals surface area contributed by atoms with E-state index in [0.717, 1.165) is 23.3 Å². The van der Waals surface area contributed by atoms with Crippen LogP contribution in [0.2, 0.25) is 5.02 Å². The van der Waals surface area contributed by atoms with E-state index in [2.05, 4.69) is 10.3 Å². The number of hydrogen-bond acceptors (Lipinski definition) is 5. The molecule has 3 rings (SSSR count). The number of hydrogen-bond donors (Lipinski definition) is 2. The fourth-order valence-corrected chi connectivity index (χ4v) is 3.62. The fraction of sp³-hybridized carbons (Fsp3) is 0.375. The van der Waals surface area contributed by atoms with Crippen LogP contribution in [0, 0.1) is 0 Å². The number of benzene rings is 1. The van der Waals surface area contributed by atoms with E-state index < -0.39 is 6.10 Å². The number of carbonyl (C=O) groups is 1. The van der Waals surface area contributed by atoms with Crippen molar-refractivity contribution in [2.75, 3.05) is 11.9 Å². The van der Waals surface area contributed by atoms with Crippen LogP contribution in [0.4, 0.5) is 5.13 Å². The minimum Gasteiger partial charge on any atom is -0.364 e. The number of aromatic nitrogens is 1. The van der Waals surface area contributed by atoms with Crippen LogP contribution in [0.25, 0.3) is 0 Å². The van der Waals surface area contributed by atoms with Gasteiger partial charge in [-0.1, -0.05) is 23.7 Å². The lowest BCUT2D eigenvalue weighted by Crippen LogP contribution is -2.29. The van der Waals surface area contributed by atoms with E-state index in [9.17, 15) is 4.79 Å². The molecule has 1 aliphatic heterocycles. The van der Waals surface area contributed by atoms with Crippen LogP contribution in [0.5, 0.6) is 0 Å². The molecule has 122 valence electrons. The molecule has 1 saturated heterocycles. The quantitative estimate of drug-likeness (QED) is 0.868. The van der Waals surface area contributed by atoms with Gasteiger partial charge in [0, 0.05) is 29.1 Å². The predicted octanol–water partition coefficient (Wildman–Crippen LogP) is 2.83. The summed E-state index contributed by atoms with van der Waals surface area (Å²) in [6, 6.07) is 7.72. The summed E-state index contributed by atoms with van der Waals surface area (Å²) in [6.07, 6.45) is 3.60. The highest BCUT2D eigenvalue weighted by atomic mass is 35.5. The second-order valence-electron chi connectivity index (χ2n) is 5.49. The van der Waals surface area contributed by atoms with Crippen molar-refractivity contribution in [1.82, 2.24) is 4.98 Å². The summed E-state index contributed by atoms with van der Waals surface area (Å²) >= 11 is 7.45. The first-order valence-corrected chi connectivity index (χ1v) is 8.69. The smallest absolute Gasteiger partial charge is 0.255 e. The molecule has 0 unspecified atom stereocenters. The topological polar surface area (TPSA) is 77.2 Å². The van der Waals surface area contributed by atoms with Gasteiger partial charge in [0.05, 0.1) is 6.10 Å². The van der Waals surface area contributed by atoms with Crippen molar-refractivity contribution in [3.63, 3.8) is 0 Å². The minimum absolute atomic E-state index is 0.0135. The van der Waals surface area contributed by atoms with Crippen LogP contribution < -0.4 is 11.1 Å². The molecule has 0 spiro atoms. The minimum atomic E-state index is -0.427. The monoisotopic (exact) mass is 351 g/mol. The van der Waals surface area contributed by atoms with Crippen LogP contribution >= 0.6 is 22.9 Å². The standard InChI is InChI=1S/C16H18ClN3O2S/c17-11-3-1-2-10(6-11)7-13-9-19-16(23-13)20-15(21)14-5-4-12(8-18)22-14/h1-3,6,9,12,14H,4-5,7-8,18H2,(H,19,20,21)/t12-,14+/m1/s1. The van der Waals surface area contributed by atoms with Crippen molar-refractivity contribution in [2.24, 2.45) is 5.73 Å². The Labute approximate surface area is 143 Å². The Morgan fingerprint density at radius 2 is 2.35 bits per heavy atom. The van der Waals surface area contributed by atoms with Crippen molar-refractivity contribution < 1.29 is 9.53 Å². The van der Waals surface area contributed by atoms with Gasteiger partial charge in [0.15, 0.2) is 5.13 Å². The molecule has 2 aromatic rings. The van der Waals surface area contributed by atoms with E-state index in [4.69, 9.17) is 22.1 Å². The zero-order valence-corrected chi connectivity index (χ0v) is 14.1. The summed E-state index contributed by atoms with van der Waals surface area (Å²) < 4.78 is 5.59. The molecule has 0 bridgehead atoms. The van der Waals surface area contributed by atoms with Crippen molar-refractivity contribution in [2.45, 2.75) is 31.5 Å². The summed E-state index contributed by atoms with van der Waals surface area (Å²) in [5, 5.41) is 4.13. The number of anilines is 1. The molecule has 3 N–H and O–H groups in total. The summed E-state index contributed by atoms with van der Waals surface area (Å²) in [6.45, 7) is 0.449. The normalized spacial score (nSPS) is 20.6. The third-order valence-corrected chi connectivity index (χ3v) is 4.86. The maximum absolute atomic E-state index is 12.2. The van der Waals surface area contributed by atoms with Gasteiger partial charge >= 0.3 is 0 Å². The number of nitrogens with two attached hydrogens (primary N) is 1. The van der Waals surface area contributed by atoms with Gasteiger partial charge in [-0.15, -0.1) is 11.3 Å². The Kier molecular flexibility index (Phi) is 5.27. The van der Waals surface area contributed by atoms with Crippen molar-refractivity contribution in [1.29, 1.82) is 0 Å². The zero-order valence-electron chi connectivity index (χ0n) is 12.5. The molecule has 5 nitrogen and oxygen atoms in total. The maximum atomic E-state index is 12.2. The van der Waals surface area contributed by atoms with Crippen LogP contribution in [0.15, 0.2) is 30.5 Å². The van der Waals surface area contributed by atoms with Crippen molar-refractivity contribution in [3.8, 4) is 0 Å². The van der Waals surface area contributed by atoms with Gasteiger partial charge < -0.3 is 10.5 Å². The third-order valence-electron chi connectivity index (χ3n) is 3.71. The highest BCUT2D eigenvalue weighted by Gasteiger charge is 2.30. The Hall–Kier alpha value is -1.47. The lowest BCUT2D eigenvalue weighted by Gasteiger charge is -2.11. The molecular formula is C16H18ClN3O2S. The zero-order chi connectivity index (χ0) is 16.2. The largest absolute Gasteiger partial charge is 0.364 e. The lowest BCUT2D eigenvalue weighted by molar-refractivity contribution is -0.126. The van der Waals surface area contributed by atoms with E-state index in [0.29, 0.717) is 23.1 Å². The second kappa shape index (κ2) is 7.40. The Morgan fingerprint density at radius 3 is 3.09 bits per heavy atom. The van der Waals surface area contributed by atoms with E-state index in [1.807, 2.05) is 24.3 Å². The molecule has 0 radical (unpaired) electrons. The third kappa shape index (κ3) is 4.29. The van der Waals surface area contributed by atoms with E-state index in [1.165, 1.54) is 11.3 Å². The summed E-state index contributed by atoms with van der Waals surface area (Å²) in [4.78, 5) is 17.5. The first-order chi connectivity index (χ1) is 11.1. The SMILES string of the molecule is NC[C@H]1CC[C@@H](C(=O)Nc2ncc(Cc3cccc(Cl)c3)s2)O1. The van der Waals surface area contributed by atoms with Gasteiger partial charge in [0.1, 0.15) is 6.10 Å². The number of amides is 1. The van der Waals surface area contributed by atoms with Crippen LogP contribution in [0.3, 0.4) is 0 Å². The molecule has 1 aromatic carbocycles. The van der Waals surface area contributed by atoms with Gasteiger partial charge in [0.25, 0.3) is 5.91 Å². The fourth-order valence-electron chi connectivity index (χ4n) is 2.55. The first kappa shape index (κ1) is 16.4. The van der Waals surface area contributed by atoms with Crippen LogP contribution in [-0.2, 0) is 16.0 Å². The molecular weight excluding hydrogens is 334 g/mol. The maximum Gasteiger partial charge on any atom is 0.255 e. The van der Waals surface area contributed by atoms with Crippen LogP contribution in [-0.4, -0.2) is 29.6 Å². The Bertz CT molecular complexity index is 691. The van der Waals surface area contributed by atoms with Gasteiger partial charge in [0.2, 0.25) is 0 Å². The van der Waals surface area contributed by atoms with Crippen LogP contribution in [0.1, 0.15) is 23.3 Å². The summed E-state index contributed by atoms with van der Waals surface area (Å²) in [5.74, 6) is -0.149. The number of halogens is 1. The van der Waals surface area contributed by atoms with Crippen molar-refractivity contribution in [3.05, 3.63) is 45.9 Å². The molecule has 0 aliphatic carbocycles. The molecule has 2 atom stereocenters. The highest BCUT2D eigenvalue weighted by molar-refractivity contribution is 7.15. The first-order valence-electron chi connectivity index (χ1n) is 7.49. The molecule has 1 amide bonds. The van der Waals surface area contributed by atoms with E-state index in [1.54, 1.807) is 6.20 Å². The lowest BCUT2D eigenvalue weighted by atomic mass is 10.1. The number of thiazole rings is 1. The Balaban J connectivity index is 1.58. The second-order valence-corrected chi connectivity index (χ2v) is 7.04. The average molecular weight is 352 g/mol. The van der Waals surface area contributed by atoms with Gasteiger partial charge in [-0.3, -0.25) is 10.1 Å². The number of nitrogens with zero attached hydrogens (tertiary/aromatic N) is 1. The molecule has 1 aromatic heterocycles. The van der Waals surface area contributed by atoms with E-state index in [-0.39, 0.29) is 12.0 Å². The number of rotatable bonds is 5. The van der Waals surface area contributed by atoms with Gasteiger partial charge in [-0.25, -0.2) is 4.98 Å². The molecule has 2 heterocycles. The van der Waals surface area contributed by atoms with Gasteiger partial charge in [-0.05, 0) is 30.5 Å². The molecule has 1 aliphatic rings. The van der Waals surface area contributed by atoms with Gasteiger partial charge in [-0.2, -0.15) is 0 Å². The van der Waals surface area contributed by atoms with E-state index >= 15 is 0 Å². The summed E-state index contributed by atoms with van der Waals surface area (Å²) in [7, 11) is 0. The summed E-state index contributed by atoms with van der Waals surface area (Å²) in [5.41, 5.74) is 6.67. The highest BCUT2D eigenvalue weighted by Crippen LogP contribution is 2.24. The Morgan fingerprint density at radius 1 is 1.48 bits per heavy atom. The number of nitrogens with one attached hydrogen (secondary N) is 1. The molecule has 7 heteroatoms. The average Bonchev–Trinajstić information content (AvgIpc) is 3.16. The number of ether oxygens (including phenoxy) is 1. The molecule has 1 fully saturated rings. The van der Waals surface area contributed by atoms with Crippen molar-refractivity contribution >= 4 is 34.0 Å². The predicted molar refractivity (Wildman–Crippen MR) is 92.0 cm³/mol.